The fraction of sp³-hybridized carbons (Fsp3) is 0.667. The third-order valence-corrected chi connectivity index (χ3v) is 4.17. The van der Waals surface area contributed by atoms with E-state index < -0.39 is 11.9 Å². The zero-order chi connectivity index (χ0) is 17.3. The quantitative estimate of drug-likeness (QED) is 0.835. The third kappa shape index (κ3) is 3.77. The van der Waals surface area contributed by atoms with E-state index >= 15 is 0 Å². The summed E-state index contributed by atoms with van der Waals surface area (Å²) >= 11 is 0. The summed E-state index contributed by atoms with van der Waals surface area (Å²) in [7, 11) is 1.94. The molecular weight excluding hydrogens is 323 g/mol. The highest BCUT2D eigenvalue weighted by atomic mass is 19.4. The Morgan fingerprint density at radius 3 is 2.75 bits per heavy atom. The van der Waals surface area contributed by atoms with Crippen molar-refractivity contribution in [3.63, 3.8) is 0 Å². The summed E-state index contributed by atoms with van der Waals surface area (Å²) in [6.45, 7) is 3.78. The molecule has 2 aromatic rings. The minimum absolute atomic E-state index is 0.270. The van der Waals surface area contributed by atoms with E-state index in [4.69, 9.17) is 4.42 Å². The number of rotatable bonds is 5. The highest BCUT2D eigenvalue weighted by molar-refractivity contribution is 5.09. The maximum Gasteiger partial charge on any atom is 0.434 e. The van der Waals surface area contributed by atoms with E-state index in [0.29, 0.717) is 43.5 Å². The van der Waals surface area contributed by atoms with Crippen LogP contribution >= 0.6 is 0 Å². The van der Waals surface area contributed by atoms with E-state index in [2.05, 4.69) is 20.1 Å². The Kier molecular flexibility index (Phi) is 4.62. The maximum atomic E-state index is 12.7. The number of aryl methyl sites for hydroxylation is 2. The van der Waals surface area contributed by atoms with Gasteiger partial charge in [0.25, 0.3) is 0 Å². The number of hydrogen-bond acceptors (Lipinski definition) is 5. The van der Waals surface area contributed by atoms with E-state index in [1.54, 1.807) is 4.57 Å². The molecule has 6 nitrogen and oxygen atoms in total. The molecular formula is C15H20F3N5O. The van der Waals surface area contributed by atoms with Crippen molar-refractivity contribution in [3.05, 3.63) is 29.5 Å². The molecule has 24 heavy (non-hydrogen) atoms. The second-order valence-electron chi connectivity index (χ2n) is 6.24. The molecule has 3 rings (SSSR count). The molecule has 3 heterocycles. The average molecular weight is 343 g/mol. The Balaban J connectivity index is 1.58. The van der Waals surface area contributed by atoms with Crippen LogP contribution in [0.2, 0.25) is 0 Å². The first-order valence-corrected chi connectivity index (χ1v) is 7.98. The zero-order valence-electron chi connectivity index (χ0n) is 13.7. The van der Waals surface area contributed by atoms with Gasteiger partial charge in [-0.3, -0.25) is 4.90 Å². The van der Waals surface area contributed by atoms with Gasteiger partial charge in [0.05, 0.1) is 6.54 Å². The van der Waals surface area contributed by atoms with Gasteiger partial charge in [-0.05, 0) is 19.4 Å². The van der Waals surface area contributed by atoms with Gasteiger partial charge >= 0.3 is 6.18 Å². The van der Waals surface area contributed by atoms with Gasteiger partial charge in [0.2, 0.25) is 11.8 Å². The van der Waals surface area contributed by atoms with Crippen LogP contribution < -0.4 is 0 Å². The van der Waals surface area contributed by atoms with Crippen LogP contribution in [0, 0.1) is 5.92 Å². The molecule has 132 valence electrons. The molecule has 0 spiro atoms. The van der Waals surface area contributed by atoms with Crippen LogP contribution in [0.25, 0.3) is 0 Å². The molecule has 0 aliphatic carbocycles. The van der Waals surface area contributed by atoms with Crippen LogP contribution in [-0.4, -0.2) is 38.2 Å². The van der Waals surface area contributed by atoms with Crippen molar-refractivity contribution < 1.29 is 17.6 Å². The molecule has 2 aromatic heterocycles. The molecule has 0 N–H and O–H groups in total. The van der Waals surface area contributed by atoms with Crippen LogP contribution in [0.1, 0.15) is 36.6 Å². The second-order valence-corrected chi connectivity index (χ2v) is 6.24. The molecule has 0 unspecified atom stereocenters. The minimum atomic E-state index is -4.38. The molecule has 0 radical (unpaired) electrons. The van der Waals surface area contributed by atoms with Gasteiger partial charge in [-0.15, -0.1) is 10.2 Å². The highest BCUT2D eigenvalue weighted by Crippen LogP contribution is 2.30. The Labute approximate surface area is 137 Å². The minimum Gasteiger partial charge on any atom is -0.424 e. The lowest BCUT2D eigenvalue weighted by Crippen LogP contribution is -2.31. The fourth-order valence-electron chi connectivity index (χ4n) is 3.03. The Bertz CT molecular complexity index is 694. The molecule has 1 aliphatic rings. The summed E-state index contributed by atoms with van der Waals surface area (Å²) in [4.78, 5) is 5.77. The number of imidazole rings is 1. The van der Waals surface area contributed by atoms with E-state index in [9.17, 15) is 13.2 Å². The standard InChI is InChI=1S/C15H20F3N5O/c1-3-13-20-21-14(24-13)9-22(2)6-10-4-5-12-19-11(15(16,17)18)8-23(12)7-10/h8,10H,3-7,9H2,1-2H3/t10-/m0/s1. The van der Waals surface area contributed by atoms with Gasteiger partial charge in [-0.1, -0.05) is 6.92 Å². The molecule has 0 saturated carbocycles. The summed E-state index contributed by atoms with van der Waals surface area (Å²) in [6.07, 6.45) is -1.18. The molecule has 0 amide bonds. The SMILES string of the molecule is CCc1nnc(CN(C)C[C@@H]2CCc3nc(C(F)(F)F)cn3C2)o1. The number of alkyl halides is 3. The van der Waals surface area contributed by atoms with Gasteiger partial charge in [0.1, 0.15) is 5.82 Å². The van der Waals surface area contributed by atoms with Crippen LogP contribution in [0.15, 0.2) is 10.6 Å². The van der Waals surface area contributed by atoms with Gasteiger partial charge in [0, 0.05) is 32.1 Å². The summed E-state index contributed by atoms with van der Waals surface area (Å²) in [5.74, 6) is 1.96. The molecule has 0 fully saturated rings. The first-order valence-electron chi connectivity index (χ1n) is 7.98. The number of aromatic nitrogens is 4. The largest absolute Gasteiger partial charge is 0.434 e. The van der Waals surface area contributed by atoms with E-state index in [-0.39, 0.29) is 5.92 Å². The molecule has 0 aromatic carbocycles. The van der Waals surface area contributed by atoms with Crippen LogP contribution in [0.5, 0.6) is 0 Å². The normalized spacial score (nSPS) is 18.2. The lowest BCUT2D eigenvalue weighted by atomic mass is 9.99. The molecule has 0 bridgehead atoms. The molecule has 1 atom stereocenters. The summed E-state index contributed by atoms with van der Waals surface area (Å²) in [5, 5.41) is 7.92. The van der Waals surface area contributed by atoms with Crippen molar-refractivity contribution in [2.24, 2.45) is 5.92 Å². The zero-order valence-corrected chi connectivity index (χ0v) is 13.7. The molecule has 0 saturated heterocycles. The van der Waals surface area contributed by atoms with Crippen LogP contribution in [0.3, 0.4) is 0 Å². The van der Waals surface area contributed by atoms with Gasteiger partial charge in [-0.25, -0.2) is 4.98 Å². The van der Waals surface area contributed by atoms with Crippen LogP contribution in [-0.2, 0) is 32.1 Å². The van der Waals surface area contributed by atoms with Crippen molar-refractivity contribution >= 4 is 0 Å². The monoisotopic (exact) mass is 343 g/mol. The van der Waals surface area contributed by atoms with Crippen LogP contribution in [0.4, 0.5) is 13.2 Å². The van der Waals surface area contributed by atoms with Crippen molar-refractivity contribution in [3.8, 4) is 0 Å². The second kappa shape index (κ2) is 6.54. The maximum absolute atomic E-state index is 12.7. The molecule has 9 heteroatoms. The Morgan fingerprint density at radius 1 is 1.33 bits per heavy atom. The van der Waals surface area contributed by atoms with Gasteiger partial charge < -0.3 is 8.98 Å². The smallest absolute Gasteiger partial charge is 0.424 e. The number of fused-ring (bicyclic) bond motifs is 1. The van der Waals surface area contributed by atoms with E-state index in [0.717, 1.165) is 19.2 Å². The number of nitrogens with zero attached hydrogens (tertiary/aromatic N) is 5. The van der Waals surface area contributed by atoms with Crippen molar-refractivity contribution in [2.75, 3.05) is 13.6 Å². The topological polar surface area (TPSA) is 60.0 Å². The summed E-state index contributed by atoms with van der Waals surface area (Å²) in [6, 6.07) is 0. The fourth-order valence-corrected chi connectivity index (χ4v) is 3.03. The van der Waals surface area contributed by atoms with E-state index in [1.165, 1.54) is 0 Å². The number of hydrogen-bond donors (Lipinski definition) is 0. The summed E-state index contributed by atoms with van der Waals surface area (Å²) in [5.41, 5.74) is -0.801. The van der Waals surface area contributed by atoms with E-state index in [1.807, 2.05) is 14.0 Å². The first kappa shape index (κ1) is 16.9. The third-order valence-electron chi connectivity index (χ3n) is 4.17. The van der Waals surface area contributed by atoms with Crippen molar-refractivity contribution in [1.82, 2.24) is 24.6 Å². The predicted octanol–water partition coefficient (Wildman–Crippen LogP) is 2.54. The lowest BCUT2D eigenvalue weighted by molar-refractivity contribution is -0.141. The number of halogens is 3. The Hall–Kier alpha value is -1.90. The van der Waals surface area contributed by atoms with Crippen molar-refractivity contribution in [2.45, 2.75) is 45.5 Å². The lowest BCUT2D eigenvalue weighted by Gasteiger charge is -2.27. The van der Waals surface area contributed by atoms with Gasteiger partial charge in [-0.2, -0.15) is 13.2 Å². The Morgan fingerprint density at radius 2 is 2.08 bits per heavy atom. The molecule has 1 aliphatic heterocycles. The highest BCUT2D eigenvalue weighted by Gasteiger charge is 2.35. The predicted molar refractivity (Wildman–Crippen MR) is 79.1 cm³/mol. The average Bonchev–Trinajstić information content (AvgIpc) is 3.12. The van der Waals surface area contributed by atoms with Gasteiger partial charge in [0.15, 0.2) is 5.69 Å². The first-order chi connectivity index (χ1) is 11.3. The van der Waals surface area contributed by atoms with Crippen molar-refractivity contribution in [1.29, 1.82) is 0 Å². The summed E-state index contributed by atoms with van der Waals surface area (Å²) < 4.78 is 45.4.